The van der Waals surface area contributed by atoms with Crippen molar-refractivity contribution in [1.82, 2.24) is 9.80 Å². The molecule has 2 rings (SSSR count). The first-order valence-corrected chi connectivity index (χ1v) is 6.64. The van der Waals surface area contributed by atoms with Crippen LogP contribution in [0.15, 0.2) is 0 Å². The number of carboxylic acid groups (broad SMARTS) is 1. The fraction of sp³-hybridized carbons (Fsp3) is 0.833. The molecule has 7 nitrogen and oxygen atoms in total. The maximum absolute atomic E-state index is 12.4. The first-order chi connectivity index (χ1) is 9.13. The molecule has 1 heterocycles. The number of carboxylic acids is 1. The minimum Gasteiger partial charge on any atom is -0.479 e. The lowest BCUT2D eigenvalue weighted by atomic mass is 9.91. The van der Waals surface area contributed by atoms with Crippen LogP contribution in [0.1, 0.15) is 19.3 Å². The molecule has 2 amide bonds. The summed E-state index contributed by atoms with van der Waals surface area (Å²) >= 11 is 0. The lowest BCUT2D eigenvalue weighted by molar-refractivity contribution is -0.154. The second-order valence-corrected chi connectivity index (χ2v) is 4.93. The summed E-state index contributed by atoms with van der Waals surface area (Å²) in [6, 6.07) is -0.000858. The van der Waals surface area contributed by atoms with Gasteiger partial charge in [0.25, 0.3) is 0 Å². The molecule has 0 radical (unpaired) electrons. The van der Waals surface area contributed by atoms with Gasteiger partial charge in [-0.15, -0.1) is 0 Å². The highest BCUT2D eigenvalue weighted by molar-refractivity contribution is 5.78. The molecule has 0 aromatic heterocycles. The van der Waals surface area contributed by atoms with Gasteiger partial charge in [-0.2, -0.15) is 0 Å². The van der Waals surface area contributed by atoms with Crippen molar-refractivity contribution in [1.29, 1.82) is 0 Å². The molecule has 2 aliphatic rings. The topological polar surface area (TPSA) is 90.3 Å². The summed E-state index contributed by atoms with van der Waals surface area (Å²) in [5.41, 5.74) is 0. The Kier molecular flexibility index (Phi) is 4.60. The van der Waals surface area contributed by atoms with Crippen molar-refractivity contribution < 1.29 is 24.5 Å². The van der Waals surface area contributed by atoms with E-state index >= 15 is 0 Å². The van der Waals surface area contributed by atoms with Gasteiger partial charge in [0.05, 0.1) is 19.8 Å². The molecule has 1 aliphatic carbocycles. The number of hydrogen-bond acceptors (Lipinski definition) is 4. The molecule has 2 fully saturated rings. The third kappa shape index (κ3) is 3.16. The number of aliphatic hydroxyl groups excluding tert-OH is 1. The highest BCUT2D eigenvalue weighted by Crippen LogP contribution is 2.25. The van der Waals surface area contributed by atoms with Crippen LogP contribution in [0.25, 0.3) is 0 Å². The van der Waals surface area contributed by atoms with Crippen molar-refractivity contribution in [2.24, 2.45) is 0 Å². The summed E-state index contributed by atoms with van der Waals surface area (Å²) in [7, 11) is 0. The molecule has 0 spiro atoms. The lowest BCUT2D eigenvalue weighted by Gasteiger charge is -2.41. The van der Waals surface area contributed by atoms with Gasteiger partial charge in [0.1, 0.15) is 0 Å². The third-order valence-electron chi connectivity index (χ3n) is 3.71. The van der Waals surface area contributed by atoms with E-state index in [-0.39, 0.29) is 31.8 Å². The van der Waals surface area contributed by atoms with Gasteiger partial charge < -0.3 is 24.7 Å². The number of ether oxygens (including phenoxy) is 1. The van der Waals surface area contributed by atoms with Gasteiger partial charge in [-0.05, 0) is 19.3 Å². The molecule has 7 heteroatoms. The summed E-state index contributed by atoms with van der Waals surface area (Å²) in [4.78, 5) is 26.5. The van der Waals surface area contributed by atoms with E-state index in [9.17, 15) is 9.59 Å². The zero-order valence-electron chi connectivity index (χ0n) is 10.8. The minimum absolute atomic E-state index is 0.0722. The normalized spacial score (nSPS) is 23.8. The molecule has 1 saturated heterocycles. The van der Waals surface area contributed by atoms with Crippen LogP contribution < -0.4 is 0 Å². The highest BCUT2D eigenvalue weighted by atomic mass is 16.5. The first kappa shape index (κ1) is 14.1. The van der Waals surface area contributed by atoms with Crippen LogP contribution >= 0.6 is 0 Å². The summed E-state index contributed by atoms with van der Waals surface area (Å²) in [6.07, 6.45) is 2.06. The van der Waals surface area contributed by atoms with Crippen LogP contribution in [0.4, 0.5) is 4.79 Å². The zero-order valence-corrected chi connectivity index (χ0v) is 10.8. The quantitative estimate of drug-likeness (QED) is 0.736. The van der Waals surface area contributed by atoms with Gasteiger partial charge in [0, 0.05) is 19.1 Å². The first-order valence-electron chi connectivity index (χ1n) is 6.64. The van der Waals surface area contributed by atoms with E-state index in [1.807, 2.05) is 0 Å². The zero-order chi connectivity index (χ0) is 13.8. The van der Waals surface area contributed by atoms with E-state index in [1.54, 1.807) is 4.90 Å². The number of nitrogens with zero attached hydrogens (tertiary/aromatic N) is 2. The number of carbonyl (C=O) groups is 2. The summed E-state index contributed by atoms with van der Waals surface area (Å²) in [5, 5.41) is 18.0. The number of amides is 2. The third-order valence-corrected chi connectivity index (χ3v) is 3.71. The molecule has 1 unspecified atom stereocenters. The number of rotatable bonds is 4. The Labute approximate surface area is 111 Å². The van der Waals surface area contributed by atoms with Gasteiger partial charge in [-0.1, -0.05) is 0 Å². The van der Waals surface area contributed by atoms with Crippen molar-refractivity contribution in [3.05, 3.63) is 0 Å². The van der Waals surface area contributed by atoms with Crippen molar-refractivity contribution in [2.45, 2.75) is 31.4 Å². The molecule has 0 aromatic rings. The number of aliphatic hydroxyl groups is 1. The average Bonchev–Trinajstić information content (AvgIpc) is 2.35. The van der Waals surface area contributed by atoms with Crippen LogP contribution in [0, 0.1) is 0 Å². The van der Waals surface area contributed by atoms with Gasteiger partial charge in [-0.3, -0.25) is 0 Å². The predicted octanol–water partition coefficient (Wildman–Crippen LogP) is -0.261. The van der Waals surface area contributed by atoms with Crippen LogP contribution in [-0.4, -0.2) is 77.0 Å². The average molecular weight is 272 g/mol. The van der Waals surface area contributed by atoms with Crippen LogP contribution in [0.2, 0.25) is 0 Å². The summed E-state index contributed by atoms with van der Waals surface area (Å²) in [6.45, 7) is 0.938. The maximum atomic E-state index is 12.4. The molecule has 1 saturated carbocycles. The smallest absolute Gasteiger partial charge is 0.334 e. The van der Waals surface area contributed by atoms with Crippen LogP contribution in [-0.2, 0) is 9.53 Å². The highest BCUT2D eigenvalue weighted by Gasteiger charge is 2.35. The Morgan fingerprint density at radius 2 is 2.11 bits per heavy atom. The fourth-order valence-electron chi connectivity index (χ4n) is 2.39. The second kappa shape index (κ2) is 6.21. The molecule has 2 N–H and O–H groups in total. The largest absolute Gasteiger partial charge is 0.479 e. The van der Waals surface area contributed by atoms with Crippen molar-refractivity contribution in [3.63, 3.8) is 0 Å². The Balaban J connectivity index is 1.97. The van der Waals surface area contributed by atoms with E-state index in [1.165, 1.54) is 4.90 Å². The van der Waals surface area contributed by atoms with Crippen molar-refractivity contribution in [2.75, 3.05) is 32.8 Å². The number of carbonyl (C=O) groups excluding carboxylic acids is 1. The van der Waals surface area contributed by atoms with E-state index in [0.29, 0.717) is 13.1 Å². The summed E-state index contributed by atoms with van der Waals surface area (Å²) in [5.74, 6) is -1.05. The molecule has 108 valence electrons. The van der Waals surface area contributed by atoms with Gasteiger partial charge in [0.2, 0.25) is 0 Å². The van der Waals surface area contributed by atoms with Crippen molar-refractivity contribution >= 4 is 12.0 Å². The summed E-state index contributed by atoms with van der Waals surface area (Å²) < 4.78 is 5.10. The molecule has 0 aromatic carbocycles. The second-order valence-electron chi connectivity index (χ2n) is 4.93. The monoisotopic (exact) mass is 272 g/mol. The standard InChI is InChI=1S/C12H20N2O5/c15-6-4-14(9-2-1-3-9)12(18)13-5-7-19-10(8-13)11(16)17/h9-10,15H,1-8H2,(H,16,17). The van der Waals surface area contributed by atoms with E-state index in [2.05, 4.69) is 0 Å². The minimum atomic E-state index is -1.05. The number of morpholine rings is 1. The number of hydrogen-bond donors (Lipinski definition) is 2. The predicted molar refractivity (Wildman–Crippen MR) is 65.8 cm³/mol. The Hall–Kier alpha value is -1.34. The van der Waals surface area contributed by atoms with Gasteiger partial charge in [0.15, 0.2) is 6.10 Å². The van der Waals surface area contributed by atoms with Crippen molar-refractivity contribution in [3.8, 4) is 0 Å². The van der Waals surface area contributed by atoms with Crippen LogP contribution in [0.5, 0.6) is 0 Å². The Bertz CT molecular complexity index is 345. The van der Waals surface area contributed by atoms with Gasteiger partial charge in [-0.25, -0.2) is 9.59 Å². The molecule has 0 bridgehead atoms. The Morgan fingerprint density at radius 1 is 1.37 bits per heavy atom. The fourth-order valence-corrected chi connectivity index (χ4v) is 2.39. The van der Waals surface area contributed by atoms with E-state index in [4.69, 9.17) is 14.9 Å². The van der Waals surface area contributed by atoms with Gasteiger partial charge >= 0.3 is 12.0 Å². The lowest BCUT2D eigenvalue weighted by Crippen LogP contribution is -2.56. The molecule has 1 atom stereocenters. The Morgan fingerprint density at radius 3 is 2.63 bits per heavy atom. The van der Waals surface area contributed by atoms with E-state index in [0.717, 1.165) is 19.3 Å². The molecular formula is C12H20N2O5. The molecule has 1 aliphatic heterocycles. The SMILES string of the molecule is O=C(O)C1CN(C(=O)N(CCO)C2CCC2)CCO1. The molecule has 19 heavy (non-hydrogen) atoms. The number of aliphatic carboxylic acids is 1. The molecular weight excluding hydrogens is 252 g/mol. The maximum Gasteiger partial charge on any atom is 0.334 e. The number of urea groups is 1. The van der Waals surface area contributed by atoms with Crippen LogP contribution in [0.3, 0.4) is 0 Å². The van der Waals surface area contributed by atoms with E-state index < -0.39 is 12.1 Å².